The SMILES string of the molecule is Cc1cn(C2CC2)c(Nc2ccn(C)n2)n1. The molecule has 0 atom stereocenters. The molecule has 0 spiro atoms. The average molecular weight is 217 g/mol. The van der Waals surface area contributed by atoms with E-state index in [9.17, 15) is 0 Å². The number of nitrogens with one attached hydrogen (secondary N) is 1. The average Bonchev–Trinajstić information content (AvgIpc) is 2.91. The minimum atomic E-state index is 0.632. The smallest absolute Gasteiger partial charge is 0.209 e. The first kappa shape index (κ1) is 9.45. The third-order valence-corrected chi connectivity index (χ3v) is 2.75. The van der Waals surface area contributed by atoms with E-state index in [1.807, 2.05) is 26.2 Å². The molecule has 0 unspecified atom stereocenters. The van der Waals surface area contributed by atoms with Crippen molar-refractivity contribution in [1.82, 2.24) is 19.3 Å². The van der Waals surface area contributed by atoms with Crippen LogP contribution in [0.1, 0.15) is 24.6 Å². The quantitative estimate of drug-likeness (QED) is 0.855. The van der Waals surface area contributed by atoms with Crippen molar-refractivity contribution < 1.29 is 0 Å². The van der Waals surface area contributed by atoms with Gasteiger partial charge in [0.15, 0.2) is 5.82 Å². The summed E-state index contributed by atoms with van der Waals surface area (Å²) < 4.78 is 3.99. The minimum absolute atomic E-state index is 0.632. The maximum absolute atomic E-state index is 4.48. The summed E-state index contributed by atoms with van der Waals surface area (Å²) >= 11 is 0. The summed E-state index contributed by atoms with van der Waals surface area (Å²) in [6, 6.07) is 2.58. The highest BCUT2D eigenvalue weighted by Gasteiger charge is 2.26. The maximum Gasteiger partial charge on any atom is 0.209 e. The van der Waals surface area contributed by atoms with Gasteiger partial charge in [-0.05, 0) is 19.8 Å². The second kappa shape index (κ2) is 3.37. The number of imidazole rings is 1. The fraction of sp³-hybridized carbons (Fsp3) is 0.455. The Balaban J connectivity index is 1.88. The van der Waals surface area contributed by atoms with Crippen molar-refractivity contribution in [2.45, 2.75) is 25.8 Å². The predicted octanol–water partition coefficient (Wildman–Crippen LogP) is 2.00. The second-order valence-electron chi connectivity index (χ2n) is 4.34. The van der Waals surface area contributed by atoms with Crippen molar-refractivity contribution in [2.75, 3.05) is 5.32 Å². The van der Waals surface area contributed by atoms with E-state index in [1.165, 1.54) is 12.8 Å². The van der Waals surface area contributed by atoms with Crippen molar-refractivity contribution in [3.63, 3.8) is 0 Å². The molecule has 0 bridgehead atoms. The van der Waals surface area contributed by atoms with Crippen molar-refractivity contribution >= 4 is 11.8 Å². The van der Waals surface area contributed by atoms with Crippen molar-refractivity contribution in [1.29, 1.82) is 0 Å². The van der Waals surface area contributed by atoms with Crippen LogP contribution in [-0.4, -0.2) is 19.3 Å². The molecule has 84 valence electrons. The van der Waals surface area contributed by atoms with Crippen molar-refractivity contribution in [3.05, 3.63) is 24.2 Å². The zero-order chi connectivity index (χ0) is 11.1. The molecule has 2 heterocycles. The van der Waals surface area contributed by atoms with Gasteiger partial charge >= 0.3 is 0 Å². The summed E-state index contributed by atoms with van der Waals surface area (Å²) in [7, 11) is 1.91. The van der Waals surface area contributed by atoms with Crippen LogP contribution >= 0.6 is 0 Å². The number of aryl methyl sites for hydroxylation is 2. The largest absolute Gasteiger partial charge is 0.314 e. The second-order valence-corrected chi connectivity index (χ2v) is 4.34. The van der Waals surface area contributed by atoms with Crippen LogP contribution in [0.4, 0.5) is 11.8 Å². The van der Waals surface area contributed by atoms with Gasteiger partial charge in [-0.2, -0.15) is 5.10 Å². The molecule has 1 saturated carbocycles. The number of rotatable bonds is 3. The number of hydrogen-bond acceptors (Lipinski definition) is 3. The normalized spacial score (nSPS) is 15.4. The Kier molecular flexibility index (Phi) is 1.99. The van der Waals surface area contributed by atoms with E-state index in [1.54, 1.807) is 4.68 Å². The van der Waals surface area contributed by atoms with Gasteiger partial charge in [-0.15, -0.1) is 0 Å². The molecule has 3 rings (SSSR count). The number of nitrogens with zero attached hydrogens (tertiary/aromatic N) is 4. The lowest BCUT2D eigenvalue weighted by atomic mass is 10.5. The minimum Gasteiger partial charge on any atom is -0.314 e. The third-order valence-electron chi connectivity index (χ3n) is 2.75. The topological polar surface area (TPSA) is 47.7 Å². The summed E-state index contributed by atoms with van der Waals surface area (Å²) in [6.45, 7) is 2.02. The molecule has 0 aliphatic heterocycles. The lowest BCUT2D eigenvalue weighted by molar-refractivity contribution is 0.744. The maximum atomic E-state index is 4.48. The first-order chi connectivity index (χ1) is 7.72. The van der Waals surface area contributed by atoms with E-state index >= 15 is 0 Å². The van der Waals surface area contributed by atoms with Crippen LogP contribution in [0.5, 0.6) is 0 Å². The first-order valence-corrected chi connectivity index (χ1v) is 5.54. The molecule has 2 aromatic heterocycles. The molecule has 1 fully saturated rings. The van der Waals surface area contributed by atoms with Gasteiger partial charge in [-0.3, -0.25) is 4.68 Å². The van der Waals surface area contributed by atoms with Gasteiger partial charge in [0.25, 0.3) is 0 Å². The molecule has 1 N–H and O–H groups in total. The van der Waals surface area contributed by atoms with Crippen LogP contribution in [0.2, 0.25) is 0 Å². The van der Waals surface area contributed by atoms with Gasteiger partial charge in [-0.1, -0.05) is 0 Å². The molecule has 2 aromatic rings. The molecule has 1 aliphatic rings. The first-order valence-electron chi connectivity index (χ1n) is 5.54. The molecular weight excluding hydrogens is 202 g/mol. The zero-order valence-electron chi connectivity index (χ0n) is 9.51. The highest BCUT2D eigenvalue weighted by Crippen LogP contribution is 2.37. The summed E-state index contributed by atoms with van der Waals surface area (Å²) in [5.74, 6) is 1.74. The monoisotopic (exact) mass is 217 g/mol. The molecule has 0 saturated heterocycles. The zero-order valence-corrected chi connectivity index (χ0v) is 9.51. The van der Waals surface area contributed by atoms with Crippen LogP contribution in [0, 0.1) is 6.92 Å². The Morgan fingerprint density at radius 3 is 2.88 bits per heavy atom. The summed E-state index contributed by atoms with van der Waals surface area (Å²) in [4.78, 5) is 4.48. The molecule has 5 nitrogen and oxygen atoms in total. The van der Waals surface area contributed by atoms with Crippen LogP contribution in [-0.2, 0) is 7.05 Å². The predicted molar refractivity (Wildman–Crippen MR) is 61.7 cm³/mol. The molecule has 0 aromatic carbocycles. The molecule has 0 radical (unpaired) electrons. The Morgan fingerprint density at radius 2 is 2.25 bits per heavy atom. The van der Waals surface area contributed by atoms with E-state index in [0.29, 0.717) is 6.04 Å². The Labute approximate surface area is 94.1 Å². The van der Waals surface area contributed by atoms with E-state index in [2.05, 4.69) is 26.2 Å². The Hall–Kier alpha value is -1.78. The number of hydrogen-bond donors (Lipinski definition) is 1. The van der Waals surface area contributed by atoms with Gasteiger partial charge in [-0.25, -0.2) is 4.98 Å². The van der Waals surface area contributed by atoms with E-state index in [4.69, 9.17) is 0 Å². The van der Waals surface area contributed by atoms with Crippen LogP contribution in [0.15, 0.2) is 18.5 Å². The molecule has 5 heteroatoms. The summed E-state index contributed by atoms with van der Waals surface area (Å²) in [5.41, 5.74) is 1.05. The molecular formula is C11H15N5. The lowest BCUT2D eigenvalue weighted by Gasteiger charge is -2.05. The van der Waals surface area contributed by atoms with Gasteiger partial charge in [0.2, 0.25) is 5.95 Å². The van der Waals surface area contributed by atoms with Gasteiger partial charge in [0.1, 0.15) is 0 Å². The number of anilines is 2. The van der Waals surface area contributed by atoms with Crippen molar-refractivity contribution in [2.24, 2.45) is 7.05 Å². The van der Waals surface area contributed by atoms with Gasteiger partial charge in [0, 0.05) is 31.5 Å². The fourth-order valence-electron chi connectivity index (χ4n) is 1.84. The van der Waals surface area contributed by atoms with E-state index in [-0.39, 0.29) is 0 Å². The van der Waals surface area contributed by atoms with Crippen molar-refractivity contribution in [3.8, 4) is 0 Å². The Bertz CT molecular complexity index is 506. The highest BCUT2D eigenvalue weighted by atomic mass is 15.3. The van der Waals surface area contributed by atoms with E-state index in [0.717, 1.165) is 17.5 Å². The highest BCUT2D eigenvalue weighted by molar-refractivity contribution is 5.48. The van der Waals surface area contributed by atoms with Gasteiger partial charge in [0.05, 0.1) is 5.69 Å². The van der Waals surface area contributed by atoms with Crippen LogP contribution < -0.4 is 5.32 Å². The molecule has 1 aliphatic carbocycles. The van der Waals surface area contributed by atoms with Crippen LogP contribution in [0.3, 0.4) is 0 Å². The fourth-order valence-corrected chi connectivity index (χ4v) is 1.84. The number of aromatic nitrogens is 4. The summed E-state index contributed by atoms with van der Waals surface area (Å²) in [5, 5.41) is 7.54. The molecule has 16 heavy (non-hydrogen) atoms. The third kappa shape index (κ3) is 1.68. The molecule has 0 amide bonds. The van der Waals surface area contributed by atoms with E-state index < -0.39 is 0 Å². The Morgan fingerprint density at radius 1 is 1.44 bits per heavy atom. The van der Waals surface area contributed by atoms with Gasteiger partial charge < -0.3 is 9.88 Å². The standard InChI is InChI=1S/C11H15N5/c1-8-7-16(9-3-4-9)11(12-8)13-10-5-6-15(2)14-10/h5-7,9H,3-4H2,1-2H3,(H,12,13,14). The summed E-state index contributed by atoms with van der Waals surface area (Å²) in [6.07, 6.45) is 6.53. The van der Waals surface area contributed by atoms with Crippen LogP contribution in [0.25, 0.3) is 0 Å². The lowest BCUT2D eigenvalue weighted by Crippen LogP contribution is -2.02.